The van der Waals surface area contributed by atoms with Crippen LogP contribution in [-0.2, 0) is 11.0 Å². The molecule has 0 saturated heterocycles. The summed E-state index contributed by atoms with van der Waals surface area (Å²) in [5.74, 6) is 4.91. The summed E-state index contributed by atoms with van der Waals surface area (Å²) >= 11 is 6.07. The van der Waals surface area contributed by atoms with Gasteiger partial charge < -0.3 is 10.6 Å². The highest BCUT2D eigenvalue weighted by Crippen LogP contribution is 2.37. The average molecular weight is 406 g/mol. The molecule has 13 heteroatoms. The van der Waals surface area contributed by atoms with Crippen molar-refractivity contribution in [3.05, 3.63) is 49.8 Å². The molecule has 3 N–H and O–H groups in total. The molecule has 0 saturated carbocycles. The molecule has 1 amide bonds. The second-order valence-electron chi connectivity index (χ2n) is 5.37. The van der Waals surface area contributed by atoms with Crippen LogP contribution in [0, 0.1) is 0 Å². The van der Waals surface area contributed by atoms with Crippen LogP contribution >= 0.6 is 11.6 Å². The second-order valence-corrected chi connectivity index (χ2v) is 5.77. The molecule has 0 bridgehead atoms. The van der Waals surface area contributed by atoms with Gasteiger partial charge in [0.1, 0.15) is 11.4 Å². The second kappa shape index (κ2) is 6.32. The molecule has 27 heavy (non-hydrogen) atoms. The number of nitrogens with two attached hydrogens (primary N) is 1. The van der Waals surface area contributed by atoms with Gasteiger partial charge in [0.25, 0.3) is 11.5 Å². The SMILES string of the molecule is CNN1C(=O)COc2cc(Cl)c(-n3c(=O)cc(C(F)(F)F)n(N)c3=O)cc21. The minimum absolute atomic E-state index is 0.114. The fraction of sp³-hybridized carbons (Fsp3) is 0.214. The number of alkyl halides is 3. The maximum absolute atomic E-state index is 12.9. The highest BCUT2D eigenvalue weighted by molar-refractivity contribution is 6.32. The van der Waals surface area contributed by atoms with E-state index in [0.29, 0.717) is 4.57 Å². The van der Waals surface area contributed by atoms with Crippen LogP contribution in [0.2, 0.25) is 5.02 Å². The van der Waals surface area contributed by atoms with Crippen LogP contribution < -0.4 is 32.3 Å². The van der Waals surface area contributed by atoms with Crippen LogP contribution in [0.1, 0.15) is 5.69 Å². The Balaban J connectivity index is 2.29. The highest BCUT2D eigenvalue weighted by atomic mass is 35.5. The monoisotopic (exact) mass is 405 g/mol. The van der Waals surface area contributed by atoms with E-state index in [-0.39, 0.29) is 39.5 Å². The van der Waals surface area contributed by atoms with Gasteiger partial charge in [-0.2, -0.15) is 13.2 Å². The number of benzene rings is 1. The van der Waals surface area contributed by atoms with Gasteiger partial charge in [0, 0.05) is 19.2 Å². The number of fused-ring (bicyclic) bond motifs is 1. The van der Waals surface area contributed by atoms with Crippen molar-refractivity contribution in [2.45, 2.75) is 6.18 Å². The summed E-state index contributed by atoms with van der Waals surface area (Å²) in [6.45, 7) is -0.278. The van der Waals surface area contributed by atoms with Crippen LogP contribution in [0.5, 0.6) is 5.75 Å². The Bertz CT molecular complexity index is 1060. The summed E-state index contributed by atoms with van der Waals surface area (Å²) in [6.07, 6.45) is -5.00. The van der Waals surface area contributed by atoms with Crippen LogP contribution in [0.25, 0.3) is 5.69 Å². The zero-order chi connectivity index (χ0) is 20.1. The Morgan fingerprint density at radius 2 is 1.85 bits per heavy atom. The number of nitrogen functional groups attached to an aromatic ring is 1. The van der Waals surface area contributed by atoms with E-state index in [1.165, 1.54) is 13.1 Å². The molecule has 0 unspecified atom stereocenters. The normalized spacial score (nSPS) is 14.1. The number of hydrazine groups is 1. The number of ether oxygens (including phenoxy) is 1. The van der Waals surface area contributed by atoms with E-state index in [1.807, 2.05) is 0 Å². The molecule has 3 rings (SSSR count). The first-order valence-corrected chi connectivity index (χ1v) is 7.62. The number of hydrogen-bond acceptors (Lipinski definition) is 6. The Morgan fingerprint density at radius 1 is 1.19 bits per heavy atom. The molecule has 1 aromatic carbocycles. The van der Waals surface area contributed by atoms with Crippen molar-refractivity contribution >= 4 is 23.2 Å². The van der Waals surface area contributed by atoms with Crippen molar-refractivity contribution in [2.24, 2.45) is 0 Å². The highest BCUT2D eigenvalue weighted by Gasteiger charge is 2.36. The molecule has 2 aromatic rings. The van der Waals surface area contributed by atoms with Crippen LogP contribution in [0.4, 0.5) is 18.9 Å². The molecule has 1 aromatic heterocycles. The molecule has 0 atom stereocenters. The quantitative estimate of drug-likeness (QED) is 0.693. The average Bonchev–Trinajstić information content (AvgIpc) is 2.58. The van der Waals surface area contributed by atoms with E-state index in [9.17, 15) is 27.6 Å². The first kappa shape index (κ1) is 18.8. The van der Waals surface area contributed by atoms with Crippen molar-refractivity contribution in [3.8, 4) is 11.4 Å². The molecule has 0 radical (unpaired) electrons. The lowest BCUT2D eigenvalue weighted by Gasteiger charge is -2.29. The van der Waals surface area contributed by atoms with E-state index >= 15 is 0 Å². The lowest BCUT2D eigenvalue weighted by atomic mass is 10.2. The number of carbonyl (C=O) groups is 1. The fourth-order valence-electron chi connectivity index (χ4n) is 2.57. The van der Waals surface area contributed by atoms with Gasteiger partial charge in [0.2, 0.25) is 0 Å². The number of anilines is 1. The molecule has 9 nitrogen and oxygen atoms in total. The van der Waals surface area contributed by atoms with Crippen molar-refractivity contribution in [1.29, 1.82) is 0 Å². The van der Waals surface area contributed by atoms with E-state index in [2.05, 4.69) is 5.43 Å². The Labute approximate surface area is 153 Å². The van der Waals surface area contributed by atoms with Gasteiger partial charge in [-0.1, -0.05) is 11.6 Å². The number of carbonyl (C=O) groups excluding carboxylic acids is 1. The van der Waals surface area contributed by atoms with E-state index < -0.39 is 29.0 Å². The zero-order valence-electron chi connectivity index (χ0n) is 13.5. The van der Waals surface area contributed by atoms with Gasteiger partial charge in [-0.3, -0.25) is 9.59 Å². The number of halogens is 4. The number of nitrogens with zero attached hydrogens (tertiary/aromatic N) is 3. The summed E-state index contributed by atoms with van der Waals surface area (Å²) in [6, 6.07) is 2.56. The molecular formula is C14H11ClF3N5O4. The summed E-state index contributed by atoms with van der Waals surface area (Å²) < 4.78 is 44.1. The minimum atomic E-state index is -5.00. The van der Waals surface area contributed by atoms with E-state index in [0.717, 1.165) is 11.1 Å². The largest absolute Gasteiger partial charge is 0.481 e. The van der Waals surface area contributed by atoms with Crippen LogP contribution in [-0.4, -0.2) is 28.8 Å². The minimum Gasteiger partial charge on any atom is -0.481 e. The van der Waals surface area contributed by atoms with Gasteiger partial charge in [0.05, 0.1) is 10.7 Å². The van der Waals surface area contributed by atoms with Crippen molar-refractivity contribution < 1.29 is 22.7 Å². The first-order chi connectivity index (χ1) is 12.6. The summed E-state index contributed by atoms with van der Waals surface area (Å²) in [5, 5.41) is 0.910. The molecule has 1 aliphatic heterocycles. The van der Waals surface area contributed by atoms with E-state index in [4.69, 9.17) is 22.2 Å². The van der Waals surface area contributed by atoms with Gasteiger partial charge >= 0.3 is 11.9 Å². The maximum Gasteiger partial charge on any atom is 0.433 e. The predicted molar refractivity (Wildman–Crippen MR) is 88.5 cm³/mol. The number of nitrogens with one attached hydrogen (secondary N) is 1. The molecule has 0 fully saturated rings. The Kier molecular flexibility index (Phi) is 4.40. The van der Waals surface area contributed by atoms with Crippen LogP contribution in [0.3, 0.4) is 0 Å². The number of aromatic nitrogens is 2. The number of amides is 1. The number of hydrogen-bond donors (Lipinski definition) is 2. The van der Waals surface area contributed by atoms with Gasteiger partial charge in [-0.15, -0.1) is 0 Å². The fourth-order valence-corrected chi connectivity index (χ4v) is 2.81. The summed E-state index contributed by atoms with van der Waals surface area (Å²) in [5.41, 5.74) is -1.93. The lowest BCUT2D eigenvalue weighted by molar-refractivity contribution is -0.143. The third-order valence-corrected chi connectivity index (χ3v) is 4.07. The third-order valence-electron chi connectivity index (χ3n) is 3.76. The molecule has 0 spiro atoms. The first-order valence-electron chi connectivity index (χ1n) is 7.24. The standard InChI is InChI=1S/C14H11ClF3N5O4/c1-20-23-8-3-7(6(15)2-9(8)27-5-12(23)25)21-11(24)4-10(14(16,17)18)22(19)13(21)26/h2-4,20H,5,19H2,1H3. The van der Waals surface area contributed by atoms with Gasteiger partial charge in [-0.25, -0.2) is 24.5 Å². The molecular weight excluding hydrogens is 395 g/mol. The third kappa shape index (κ3) is 3.02. The van der Waals surface area contributed by atoms with E-state index in [1.54, 1.807) is 0 Å². The Morgan fingerprint density at radius 3 is 2.44 bits per heavy atom. The van der Waals surface area contributed by atoms with Gasteiger partial charge in [0.15, 0.2) is 12.3 Å². The predicted octanol–water partition coefficient (Wildman–Crippen LogP) is 0.245. The zero-order valence-corrected chi connectivity index (χ0v) is 14.3. The van der Waals surface area contributed by atoms with Crippen molar-refractivity contribution in [2.75, 3.05) is 24.5 Å². The molecule has 2 heterocycles. The summed E-state index contributed by atoms with van der Waals surface area (Å²) in [7, 11) is 1.44. The molecule has 1 aliphatic rings. The molecule has 144 valence electrons. The van der Waals surface area contributed by atoms with Gasteiger partial charge in [-0.05, 0) is 6.07 Å². The van der Waals surface area contributed by atoms with Crippen molar-refractivity contribution in [1.82, 2.24) is 14.7 Å². The molecule has 0 aliphatic carbocycles. The topological polar surface area (TPSA) is 112 Å². The van der Waals surface area contributed by atoms with Crippen molar-refractivity contribution in [3.63, 3.8) is 0 Å². The Hall–Kier alpha value is -2.99. The summed E-state index contributed by atoms with van der Waals surface area (Å²) in [4.78, 5) is 36.4. The maximum atomic E-state index is 12.9. The number of rotatable bonds is 2. The van der Waals surface area contributed by atoms with Crippen LogP contribution in [0.15, 0.2) is 27.8 Å². The smallest absolute Gasteiger partial charge is 0.433 e. The lowest BCUT2D eigenvalue weighted by Crippen LogP contribution is -2.47.